The molecule has 0 radical (unpaired) electrons. The highest BCUT2D eigenvalue weighted by molar-refractivity contribution is 5.83. The first kappa shape index (κ1) is 35.9. The molecule has 0 spiro atoms. The first-order chi connectivity index (χ1) is 18.9. The van der Waals surface area contributed by atoms with E-state index < -0.39 is 47.4 Å². The third-order valence-corrected chi connectivity index (χ3v) is 7.29. The average Bonchev–Trinajstić information content (AvgIpc) is 2.88. The Morgan fingerprint density at radius 2 is 1.27 bits per heavy atom. The van der Waals surface area contributed by atoms with Gasteiger partial charge in [0.25, 0.3) is 0 Å². The van der Waals surface area contributed by atoms with Gasteiger partial charge in [-0.25, -0.2) is 9.59 Å². The largest absolute Gasteiger partial charge is 0.509 e. The lowest BCUT2D eigenvalue weighted by Gasteiger charge is -2.29. The monoisotopic (exact) mass is 579 g/mol. The Hall–Kier alpha value is -3.14. The molecular formula is C31H49NO9. The van der Waals surface area contributed by atoms with Crippen molar-refractivity contribution in [2.75, 3.05) is 0 Å². The Morgan fingerprint density at radius 3 is 1.76 bits per heavy atom. The van der Waals surface area contributed by atoms with Crippen LogP contribution in [0.1, 0.15) is 107 Å². The number of ether oxygens (including phenoxy) is 5. The van der Waals surface area contributed by atoms with E-state index in [4.69, 9.17) is 29.4 Å². The van der Waals surface area contributed by atoms with E-state index in [2.05, 4.69) is 0 Å². The van der Waals surface area contributed by atoms with Crippen LogP contribution in [-0.4, -0.2) is 41.9 Å². The van der Waals surface area contributed by atoms with Gasteiger partial charge in [0.05, 0.1) is 0 Å². The third kappa shape index (κ3) is 11.7. The molecule has 0 saturated heterocycles. The molecule has 10 heteroatoms. The first-order valence-electron chi connectivity index (χ1n) is 14.4. The third-order valence-electron chi connectivity index (χ3n) is 7.29. The van der Waals surface area contributed by atoms with Crippen LogP contribution in [0.25, 0.3) is 0 Å². The Kier molecular flexibility index (Phi) is 13.8. The molecule has 10 nitrogen and oxygen atoms in total. The van der Waals surface area contributed by atoms with Crippen LogP contribution in [-0.2, 0) is 34.1 Å². The Morgan fingerprint density at radius 1 is 0.780 bits per heavy atom. The van der Waals surface area contributed by atoms with Gasteiger partial charge in [0, 0.05) is 12.8 Å². The molecule has 0 amide bonds. The zero-order valence-electron chi connectivity index (χ0n) is 26.3. The number of hydrogen-bond donors (Lipinski definition) is 1. The number of carbonyl (C=O) groups excluding carboxylic acids is 4. The maximum Gasteiger partial charge on any atom is 0.509 e. The van der Waals surface area contributed by atoms with E-state index in [0.29, 0.717) is 6.42 Å². The van der Waals surface area contributed by atoms with E-state index >= 15 is 0 Å². The van der Waals surface area contributed by atoms with Crippen molar-refractivity contribution in [1.82, 2.24) is 0 Å². The van der Waals surface area contributed by atoms with Crippen LogP contribution in [0.5, 0.6) is 11.5 Å². The summed E-state index contributed by atoms with van der Waals surface area (Å²) in [5.41, 5.74) is 4.30. The SMILES string of the molecule is CCC(C)CC(=O)Oc1ccc([C@](C)(N)C(=O)O[C@@H](C)[C@H](C)OC(=O)OC(C)(C)CC)cc1OC(=O)CC(C)CC. The molecular weight excluding hydrogens is 530 g/mol. The Bertz CT molecular complexity index is 1050. The number of rotatable bonds is 15. The second-order valence-electron chi connectivity index (χ2n) is 11.6. The van der Waals surface area contributed by atoms with Crippen molar-refractivity contribution in [3.63, 3.8) is 0 Å². The quantitative estimate of drug-likeness (QED) is 0.188. The lowest BCUT2D eigenvalue weighted by molar-refractivity contribution is -0.161. The van der Waals surface area contributed by atoms with Gasteiger partial charge in [-0.3, -0.25) is 9.59 Å². The maximum absolute atomic E-state index is 13.2. The molecule has 0 aromatic heterocycles. The minimum Gasteiger partial charge on any atom is -0.457 e. The normalized spacial score (nSPS) is 15.9. The molecule has 0 aliphatic heterocycles. The van der Waals surface area contributed by atoms with Crippen LogP contribution in [0.3, 0.4) is 0 Å². The van der Waals surface area contributed by atoms with Gasteiger partial charge in [-0.1, -0.05) is 53.5 Å². The minimum atomic E-state index is -1.68. The average molecular weight is 580 g/mol. The molecule has 1 rings (SSSR count). The number of carbonyl (C=O) groups is 4. The summed E-state index contributed by atoms with van der Waals surface area (Å²) >= 11 is 0. The summed E-state index contributed by atoms with van der Waals surface area (Å²) < 4.78 is 27.2. The van der Waals surface area contributed by atoms with Gasteiger partial charge in [-0.2, -0.15) is 0 Å². The molecule has 232 valence electrons. The highest BCUT2D eigenvalue weighted by Crippen LogP contribution is 2.34. The van der Waals surface area contributed by atoms with Gasteiger partial charge in [0.15, 0.2) is 11.5 Å². The lowest BCUT2D eigenvalue weighted by atomic mass is 9.93. The van der Waals surface area contributed by atoms with Crippen molar-refractivity contribution in [3.05, 3.63) is 23.8 Å². The fourth-order valence-electron chi connectivity index (χ4n) is 3.26. The zero-order valence-corrected chi connectivity index (χ0v) is 26.3. The molecule has 1 aromatic rings. The Labute approximate surface area is 244 Å². The lowest BCUT2D eigenvalue weighted by Crippen LogP contribution is -2.46. The van der Waals surface area contributed by atoms with Gasteiger partial charge < -0.3 is 29.4 Å². The van der Waals surface area contributed by atoms with E-state index in [1.165, 1.54) is 25.1 Å². The fourth-order valence-corrected chi connectivity index (χ4v) is 3.26. The molecule has 0 aliphatic carbocycles. The smallest absolute Gasteiger partial charge is 0.457 e. The van der Waals surface area contributed by atoms with E-state index in [1.807, 2.05) is 34.6 Å². The topological polar surface area (TPSA) is 140 Å². The molecule has 0 bridgehead atoms. The first-order valence-corrected chi connectivity index (χ1v) is 14.4. The van der Waals surface area contributed by atoms with Gasteiger partial charge in [-0.05, 0) is 70.6 Å². The van der Waals surface area contributed by atoms with Crippen LogP contribution in [0, 0.1) is 11.8 Å². The summed E-state index contributed by atoms with van der Waals surface area (Å²) in [6, 6.07) is 4.35. The molecule has 2 unspecified atom stereocenters. The predicted molar refractivity (Wildman–Crippen MR) is 154 cm³/mol. The maximum atomic E-state index is 13.2. The minimum absolute atomic E-state index is 0.0242. The van der Waals surface area contributed by atoms with Crippen LogP contribution in [0.15, 0.2) is 18.2 Å². The zero-order chi connectivity index (χ0) is 31.5. The van der Waals surface area contributed by atoms with Crippen LogP contribution in [0.2, 0.25) is 0 Å². The fraction of sp³-hybridized carbons (Fsp3) is 0.677. The van der Waals surface area contributed by atoms with Gasteiger partial charge in [0.2, 0.25) is 0 Å². The highest BCUT2D eigenvalue weighted by Gasteiger charge is 2.36. The van der Waals surface area contributed by atoms with E-state index in [1.54, 1.807) is 27.7 Å². The van der Waals surface area contributed by atoms with Crippen molar-refractivity contribution in [1.29, 1.82) is 0 Å². The predicted octanol–water partition coefficient (Wildman–Crippen LogP) is 6.21. The summed E-state index contributed by atoms with van der Waals surface area (Å²) in [5.74, 6) is -1.54. The van der Waals surface area contributed by atoms with Crippen molar-refractivity contribution < 1.29 is 42.9 Å². The van der Waals surface area contributed by atoms with Gasteiger partial charge in [0.1, 0.15) is 23.3 Å². The molecule has 2 N–H and O–H groups in total. The van der Waals surface area contributed by atoms with Crippen molar-refractivity contribution >= 4 is 24.1 Å². The Balaban J connectivity index is 3.14. The van der Waals surface area contributed by atoms with Crippen LogP contribution in [0.4, 0.5) is 4.79 Å². The summed E-state index contributed by atoms with van der Waals surface area (Å²) in [6.45, 7) is 17.8. The second-order valence-corrected chi connectivity index (χ2v) is 11.6. The van der Waals surface area contributed by atoms with E-state index in [-0.39, 0.29) is 41.7 Å². The molecule has 0 aliphatic rings. The molecule has 0 heterocycles. The van der Waals surface area contributed by atoms with Crippen LogP contribution < -0.4 is 15.2 Å². The standard InChI is InChI=1S/C31H49NO9/c1-11-19(4)16-26(33)39-24-15-14-23(18-25(24)40-27(34)17-20(5)12-2)31(10,32)28(35)37-21(6)22(7)38-29(36)41-30(8,9)13-3/h14-15,18-22H,11-13,16-17,32H2,1-10H3/t19?,20?,21-,22-,31-/m0/s1. The molecule has 0 fully saturated rings. The summed E-state index contributed by atoms with van der Waals surface area (Å²) in [6.07, 6.45) is 0.000597. The van der Waals surface area contributed by atoms with Crippen molar-refractivity contribution in [2.45, 2.75) is 125 Å². The number of benzene rings is 1. The molecule has 41 heavy (non-hydrogen) atoms. The number of hydrogen-bond acceptors (Lipinski definition) is 10. The van der Waals surface area contributed by atoms with E-state index in [0.717, 1.165) is 12.8 Å². The summed E-state index contributed by atoms with van der Waals surface area (Å²) in [4.78, 5) is 50.4. The highest BCUT2D eigenvalue weighted by atomic mass is 16.7. The van der Waals surface area contributed by atoms with E-state index in [9.17, 15) is 19.2 Å². The van der Waals surface area contributed by atoms with Crippen molar-refractivity contribution in [2.24, 2.45) is 17.6 Å². The summed E-state index contributed by atoms with van der Waals surface area (Å²) in [5, 5.41) is 0. The molecule has 0 saturated carbocycles. The molecule has 5 atom stereocenters. The van der Waals surface area contributed by atoms with Crippen LogP contribution >= 0.6 is 0 Å². The van der Waals surface area contributed by atoms with Gasteiger partial charge in [-0.15, -0.1) is 0 Å². The summed E-state index contributed by atoms with van der Waals surface area (Å²) in [7, 11) is 0. The second kappa shape index (κ2) is 15.7. The van der Waals surface area contributed by atoms with Crippen molar-refractivity contribution in [3.8, 4) is 11.5 Å². The number of nitrogens with two attached hydrogens (primary N) is 1. The molecule has 1 aromatic carbocycles. The van der Waals surface area contributed by atoms with Gasteiger partial charge >= 0.3 is 24.1 Å². The number of esters is 3.